The van der Waals surface area contributed by atoms with Gasteiger partial charge in [-0.3, -0.25) is 4.79 Å². The molecule has 6 heteroatoms. The second kappa shape index (κ2) is 5.99. The Morgan fingerprint density at radius 3 is 2.76 bits per heavy atom. The summed E-state index contributed by atoms with van der Waals surface area (Å²) in [5.74, 6) is 0.932. The molecule has 21 heavy (non-hydrogen) atoms. The van der Waals surface area contributed by atoms with Crippen LogP contribution in [0.4, 0.5) is 5.82 Å². The molecule has 0 atom stereocenters. The normalized spacial score (nSPS) is 11.7. The Kier molecular flexibility index (Phi) is 4.49. The van der Waals surface area contributed by atoms with Crippen LogP contribution in [0.15, 0.2) is 16.0 Å². The van der Waals surface area contributed by atoms with Gasteiger partial charge in [-0.15, -0.1) is 11.3 Å². The second-order valence-corrected chi connectivity index (χ2v) is 6.76. The number of aromatic nitrogens is 1. The summed E-state index contributed by atoms with van der Waals surface area (Å²) in [4.78, 5) is 13.4. The molecule has 0 aromatic carbocycles. The van der Waals surface area contributed by atoms with E-state index in [1.54, 1.807) is 24.5 Å². The lowest BCUT2D eigenvalue weighted by Crippen LogP contribution is -2.22. The zero-order chi connectivity index (χ0) is 15.6. The van der Waals surface area contributed by atoms with Crippen LogP contribution in [0.2, 0.25) is 0 Å². The van der Waals surface area contributed by atoms with Crippen LogP contribution in [0, 0.1) is 13.8 Å². The number of ether oxygens (including phenoxy) is 1. The lowest BCUT2D eigenvalue weighted by molar-refractivity contribution is 0.102. The van der Waals surface area contributed by atoms with Crippen LogP contribution in [-0.2, 0) is 10.2 Å². The Morgan fingerprint density at radius 1 is 1.48 bits per heavy atom. The van der Waals surface area contributed by atoms with Crippen LogP contribution in [0.25, 0.3) is 0 Å². The first-order valence-electron chi connectivity index (χ1n) is 6.67. The number of thiophene rings is 1. The zero-order valence-corrected chi connectivity index (χ0v) is 13.8. The monoisotopic (exact) mass is 308 g/mol. The van der Waals surface area contributed by atoms with E-state index in [0.717, 1.165) is 10.4 Å². The standard InChI is InChI=1S/C15H20N2O3S/c1-9-10(2)21-7-11(9)14(18)16-13-6-12(20-17-13)15(3,4)8-19-5/h6-7H,8H2,1-5H3,(H,16,17,18). The summed E-state index contributed by atoms with van der Waals surface area (Å²) in [7, 11) is 1.64. The van der Waals surface area contributed by atoms with E-state index in [4.69, 9.17) is 9.26 Å². The molecule has 2 aromatic rings. The summed E-state index contributed by atoms with van der Waals surface area (Å²) in [6.45, 7) is 8.44. The number of methoxy groups -OCH3 is 1. The van der Waals surface area contributed by atoms with Gasteiger partial charge in [-0.2, -0.15) is 0 Å². The Labute approximate surface area is 128 Å². The molecule has 2 rings (SSSR count). The fourth-order valence-corrected chi connectivity index (χ4v) is 2.87. The van der Waals surface area contributed by atoms with Crippen molar-refractivity contribution in [1.29, 1.82) is 0 Å². The summed E-state index contributed by atoms with van der Waals surface area (Å²) in [5.41, 5.74) is 1.39. The van der Waals surface area contributed by atoms with Crippen molar-refractivity contribution in [1.82, 2.24) is 5.16 Å². The average Bonchev–Trinajstić information content (AvgIpc) is 2.99. The van der Waals surface area contributed by atoms with Crippen molar-refractivity contribution in [2.24, 2.45) is 0 Å². The summed E-state index contributed by atoms with van der Waals surface area (Å²) in [6, 6.07) is 1.74. The highest BCUT2D eigenvalue weighted by Gasteiger charge is 2.26. The highest BCUT2D eigenvalue weighted by atomic mass is 32.1. The minimum atomic E-state index is -0.292. The first-order chi connectivity index (χ1) is 9.85. The number of carbonyl (C=O) groups excluding carboxylic acids is 1. The van der Waals surface area contributed by atoms with Gasteiger partial charge in [0, 0.05) is 28.8 Å². The molecular weight excluding hydrogens is 288 g/mol. The Balaban J connectivity index is 2.13. The van der Waals surface area contributed by atoms with Crippen molar-refractivity contribution in [3.8, 4) is 0 Å². The molecule has 2 aromatic heterocycles. The van der Waals surface area contributed by atoms with E-state index in [2.05, 4.69) is 10.5 Å². The SMILES string of the molecule is COCC(C)(C)c1cc(NC(=O)c2csc(C)c2C)no1. The van der Waals surface area contributed by atoms with Gasteiger partial charge >= 0.3 is 0 Å². The highest BCUT2D eigenvalue weighted by Crippen LogP contribution is 2.26. The smallest absolute Gasteiger partial charge is 0.258 e. The van der Waals surface area contributed by atoms with Crippen LogP contribution in [0.5, 0.6) is 0 Å². The third-order valence-electron chi connectivity index (χ3n) is 3.45. The van der Waals surface area contributed by atoms with E-state index in [0.29, 0.717) is 23.7 Å². The number of aryl methyl sites for hydroxylation is 1. The molecule has 2 heterocycles. The molecule has 0 aliphatic rings. The minimum Gasteiger partial charge on any atom is -0.384 e. The largest absolute Gasteiger partial charge is 0.384 e. The van der Waals surface area contributed by atoms with Crippen LogP contribution in [-0.4, -0.2) is 24.8 Å². The molecule has 0 aliphatic heterocycles. The third kappa shape index (κ3) is 3.33. The van der Waals surface area contributed by atoms with E-state index in [1.807, 2.05) is 33.1 Å². The van der Waals surface area contributed by atoms with Crippen LogP contribution < -0.4 is 5.32 Å². The summed E-state index contributed by atoms with van der Waals surface area (Å²) < 4.78 is 10.5. The second-order valence-electron chi connectivity index (χ2n) is 5.68. The van der Waals surface area contributed by atoms with Gasteiger partial charge in [0.2, 0.25) is 0 Å². The van der Waals surface area contributed by atoms with Gasteiger partial charge in [0.05, 0.1) is 12.2 Å². The molecule has 0 aliphatic carbocycles. The maximum atomic E-state index is 12.2. The van der Waals surface area contributed by atoms with Gasteiger partial charge in [-0.05, 0) is 19.4 Å². The molecule has 0 saturated heterocycles. The number of amides is 1. The van der Waals surface area contributed by atoms with E-state index in [-0.39, 0.29) is 11.3 Å². The summed E-state index contributed by atoms with van der Waals surface area (Å²) in [6.07, 6.45) is 0. The molecule has 114 valence electrons. The van der Waals surface area contributed by atoms with Gasteiger partial charge in [0.15, 0.2) is 5.82 Å². The van der Waals surface area contributed by atoms with E-state index in [9.17, 15) is 4.79 Å². The Hall–Kier alpha value is -1.66. The molecule has 0 fully saturated rings. The van der Waals surface area contributed by atoms with Gasteiger partial charge < -0.3 is 14.6 Å². The van der Waals surface area contributed by atoms with Gasteiger partial charge in [0.1, 0.15) is 5.76 Å². The molecule has 5 nitrogen and oxygen atoms in total. The van der Waals surface area contributed by atoms with Crippen molar-refractivity contribution in [3.05, 3.63) is 33.2 Å². The fraction of sp³-hybridized carbons (Fsp3) is 0.467. The number of nitrogens with zero attached hydrogens (tertiary/aromatic N) is 1. The highest BCUT2D eigenvalue weighted by molar-refractivity contribution is 7.10. The number of carbonyl (C=O) groups is 1. The van der Waals surface area contributed by atoms with Crippen LogP contribution in [0.1, 0.15) is 40.4 Å². The van der Waals surface area contributed by atoms with Crippen molar-refractivity contribution in [2.45, 2.75) is 33.1 Å². The van der Waals surface area contributed by atoms with E-state index >= 15 is 0 Å². The number of hydrogen-bond donors (Lipinski definition) is 1. The van der Waals surface area contributed by atoms with Crippen molar-refractivity contribution >= 4 is 23.1 Å². The molecule has 1 amide bonds. The van der Waals surface area contributed by atoms with Crippen molar-refractivity contribution in [3.63, 3.8) is 0 Å². The quantitative estimate of drug-likeness (QED) is 0.917. The molecule has 0 unspecified atom stereocenters. The summed E-state index contributed by atoms with van der Waals surface area (Å²) in [5, 5.41) is 8.53. The Morgan fingerprint density at radius 2 is 2.19 bits per heavy atom. The van der Waals surface area contributed by atoms with E-state index in [1.165, 1.54) is 0 Å². The summed E-state index contributed by atoms with van der Waals surface area (Å²) >= 11 is 1.56. The number of anilines is 1. The van der Waals surface area contributed by atoms with Gasteiger partial charge in [-0.25, -0.2) is 0 Å². The molecule has 0 spiro atoms. The maximum absolute atomic E-state index is 12.2. The number of hydrogen-bond acceptors (Lipinski definition) is 5. The van der Waals surface area contributed by atoms with E-state index < -0.39 is 0 Å². The lowest BCUT2D eigenvalue weighted by atomic mass is 9.91. The maximum Gasteiger partial charge on any atom is 0.258 e. The molecule has 0 radical (unpaired) electrons. The molecule has 1 N–H and O–H groups in total. The number of rotatable bonds is 5. The lowest BCUT2D eigenvalue weighted by Gasteiger charge is -2.19. The molecule has 0 bridgehead atoms. The van der Waals surface area contributed by atoms with Crippen LogP contribution in [0.3, 0.4) is 0 Å². The van der Waals surface area contributed by atoms with Crippen molar-refractivity contribution in [2.75, 3.05) is 19.0 Å². The third-order valence-corrected chi connectivity index (χ3v) is 4.47. The fourth-order valence-electron chi connectivity index (χ4n) is 2.01. The minimum absolute atomic E-state index is 0.166. The predicted molar refractivity (Wildman–Crippen MR) is 83.2 cm³/mol. The average molecular weight is 308 g/mol. The first kappa shape index (κ1) is 15.7. The molecular formula is C15H20N2O3S. The van der Waals surface area contributed by atoms with Gasteiger partial charge in [-0.1, -0.05) is 19.0 Å². The van der Waals surface area contributed by atoms with Crippen molar-refractivity contribution < 1.29 is 14.1 Å². The Bertz CT molecular complexity index is 643. The number of nitrogens with one attached hydrogen (secondary N) is 1. The first-order valence-corrected chi connectivity index (χ1v) is 7.55. The zero-order valence-electron chi connectivity index (χ0n) is 12.9. The predicted octanol–water partition coefficient (Wildman–Crippen LogP) is 3.53. The van der Waals surface area contributed by atoms with Crippen LogP contribution >= 0.6 is 11.3 Å². The van der Waals surface area contributed by atoms with Gasteiger partial charge in [0.25, 0.3) is 5.91 Å². The molecule has 0 saturated carbocycles. The topological polar surface area (TPSA) is 64.4 Å².